The number of esters is 1. The molecule has 3 aromatic rings. The van der Waals surface area contributed by atoms with Crippen LogP contribution in [0.4, 0.5) is 5.69 Å². The maximum absolute atomic E-state index is 13.5. The van der Waals surface area contributed by atoms with Gasteiger partial charge in [0, 0.05) is 10.6 Å². The maximum Gasteiger partial charge on any atom is 0.338 e. The number of nitrogens with zero attached hydrogens (tertiary/aromatic N) is 3. The molecule has 2 heterocycles. The van der Waals surface area contributed by atoms with Gasteiger partial charge in [-0.1, -0.05) is 39.0 Å². The fraction of sp³-hybridized carbons (Fsp3) is 0.500. The van der Waals surface area contributed by atoms with Crippen LogP contribution in [-0.4, -0.2) is 33.5 Å². The lowest BCUT2D eigenvalue weighted by Gasteiger charge is -2.33. The zero-order valence-corrected chi connectivity index (χ0v) is 21.7. The number of ether oxygens (including phenoxy) is 1. The van der Waals surface area contributed by atoms with Crippen LogP contribution < -0.4 is 10.9 Å². The minimum Gasteiger partial charge on any atom is -0.462 e. The molecule has 4 rings (SSSR count). The second-order valence-corrected chi connectivity index (χ2v) is 11.1. The number of nitrogens with one attached hydrogen (secondary N) is 1. The number of carbonyl (C=O) groups is 2. The lowest BCUT2D eigenvalue weighted by atomic mass is 9.72. The van der Waals surface area contributed by atoms with Gasteiger partial charge in [-0.2, -0.15) is 4.68 Å². The van der Waals surface area contributed by atoms with E-state index in [0.29, 0.717) is 33.8 Å². The average molecular weight is 497 g/mol. The van der Waals surface area contributed by atoms with Crippen molar-refractivity contribution in [2.75, 3.05) is 11.9 Å². The summed E-state index contributed by atoms with van der Waals surface area (Å²) in [5, 5.41) is 11.9. The summed E-state index contributed by atoms with van der Waals surface area (Å²) in [6.07, 6.45) is 3.16. The second kappa shape index (κ2) is 9.89. The Bertz CT molecular complexity index is 1320. The number of aromatic nitrogens is 3. The molecule has 0 radical (unpaired) electrons. The molecule has 1 amide bonds. The summed E-state index contributed by atoms with van der Waals surface area (Å²) >= 11 is 1.55. The molecule has 186 valence electrons. The van der Waals surface area contributed by atoms with Gasteiger partial charge >= 0.3 is 5.97 Å². The Labute approximate surface area is 208 Å². The van der Waals surface area contributed by atoms with Crippen molar-refractivity contribution in [3.63, 3.8) is 0 Å². The van der Waals surface area contributed by atoms with Crippen LogP contribution in [0.3, 0.4) is 0 Å². The molecule has 0 aliphatic heterocycles. The molecule has 9 heteroatoms. The third-order valence-corrected chi connectivity index (χ3v) is 7.89. The SMILES string of the molecule is CCOC(=O)c1cccc(NC(=O)C(CC)n2nnc3sc4c(c3c2=O)CCC(C(C)(C)C)C4)c1. The zero-order chi connectivity index (χ0) is 25.3. The molecular weight excluding hydrogens is 464 g/mol. The molecule has 2 aromatic heterocycles. The van der Waals surface area contributed by atoms with Gasteiger partial charge in [-0.05, 0) is 67.7 Å². The summed E-state index contributed by atoms with van der Waals surface area (Å²) in [5.74, 6) is -0.293. The van der Waals surface area contributed by atoms with Crippen molar-refractivity contribution in [1.82, 2.24) is 15.0 Å². The summed E-state index contributed by atoms with van der Waals surface area (Å²) in [5.41, 5.74) is 1.78. The number of amides is 1. The Kier molecular flexibility index (Phi) is 7.07. The predicted octanol–water partition coefficient (Wildman–Crippen LogP) is 4.77. The van der Waals surface area contributed by atoms with E-state index in [2.05, 4.69) is 36.4 Å². The Morgan fingerprint density at radius 1 is 1.29 bits per heavy atom. The van der Waals surface area contributed by atoms with Crippen molar-refractivity contribution in [2.24, 2.45) is 11.3 Å². The molecule has 2 unspecified atom stereocenters. The van der Waals surface area contributed by atoms with Crippen LogP contribution in [-0.2, 0) is 22.4 Å². The third kappa shape index (κ3) is 5.00. The molecule has 1 aliphatic carbocycles. The van der Waals surface area contributed by atoms with E-state index in [4.69, 9.17) is 4.74 Å². The quantitative estimate of drug-likeness (QED) is 0.493. The molecule has 35 heavy (non-hydrogen) atoms. The number of hydrogen-bond donors (Lipinski definition) is 1. The maximum atomic E-state index is 13.5. The number of carbonyl (C=O) groups excluding carboxylic acids is 2. The standard InChI is InChI=1S/C26H32N4O4S/c1-6-19(22(31)27-17-10-8-9-15(13-17)25(33)34-7-2)30-24(32)21-18-12-11-16(26(3,4)5)14-20(18)35-23(21)28-29-30/h8-10,13,16,19H,6-7,11-12,14H2,1-5H3,(H,27,31). The number of thiophene rings is 1. The predicted molar refractivity (Wildman–Crippen MR) is 137 cm³/mol. The molecule has 0 spiro atoms. The molecule has 2 atom stereocenters. The zero-order valence-electron chi connectivity index (χ0n) is 20.9. The van der Waals surface area contributed by atoms with Gasteiger partial charge in [-0.25, -0.2) is 4.79 Å². The first-order chi connectivity index (χ1) is 16.6. The van der Waals surface area contributed by atoms with Crippen LogP contribution in [0.2, 0.25) is 0 Å². The van der Waals surface area contributed by atoms with Crippen molar-refractivity contribution in [3.05, 3.63) is 50.6 Å². The molecule has 1 aliphatic rings. The molecule has 0 fully saturated rings. The molecule has 0 saturated carbocycles. The summed E-state index contributed by atoms with van der Waals surface area (Å²) < 4.78 is 6.24. The highest BCUT2D eigenvalue weighted by Crippen LogP contribution is 2.41. The first-order valence-electron chi connectivity index (χ1n) is 12.1. The van der Waals surface area contributed by atoms with Crippen molar-refractivity contribution in [2.45, 2.75) is 66.3 Å². The largest absolute Gasteiger partial charge is 0.462 e. The number of hydrogen-bond acceptors (Lipinski definition) is 7. The minimum atomic E-state index is -0.827. The van der Waals surface area contributed by atoms with E-state index in [1.165, 1.54) is 9.56 Å². The van der Waals surface area contributed by atoms with Crippen LogP contribution in [0.25, 0.3) is 10.2 Å². The van der Waals surface area contributed by atoms with E-state index in [9.17, 15) is 14.4 Å². The number of anilines is 1. The van der Waals surface area contributed by atoms with Crippen molar-refractivity contribution in [3.8, 4) is 0 Å². The Morgan fingerprint density at radius 2 is 2.06 bits per heavy atom. The fourth-order valence-corrected chi connectivity index (χ4v) is 5.92. The summed E-state index contributed by atoms with van der Waals surface area (Å²) in [7, 11) is 0. The van der Waals surface area contributed by atoms with Crippen LogP contribution in [0.15, 0.2) is 29.1 Å². The second-order valence-electron chi connectivity index (χ2n) is 10.0. The van der Waals surface area contributed by atoms with Gasteiger partial charge in [0.05, 0.1) is 17.6 Å². The molecular formula is C26H32N4O4S. The van der Waals surface area contributed by atoms with Gasteiger partial charge < -0.3 is 10.1 Å². The molecule has 8 nitrogen and oxygen atoms in total. The smallest absolute Gasteiger partial charge is 0.338 e. The van der Waals surface area contributed by atoms with Crippen LogP contribution in [0.5, 0.6) is 0 Å². The fourth-order valence-electron chi connectivity index (χ4n) is 4.68. The number of benzene rings is 1. The minimum absolute atomic E-state index is 0.204. The van der Waals surface area contributed by atoms with Gasteiger partial charge in [-0.15, -0.1) is 16.4 Å². The van der Waals surface area contributed by atoms with E-state index in [-0.39, 0.29) is 23.5 Å². The molecule has 1 aromatic carbocycles. The number of rotatable bonds is 6. The van der Waals surface area contributed by atoms with Crippen LogP contribution in [0, 0.1) is 11.3 Å². The Balaban J connectivity index is 1.62. The van der Waals surface area contributed by atoms with Crippen LogP contribution >= 0.6 is 11.3 Å². The van der Waals surface area contributed by atoms with Gasteiger partial charge in [0.2, 0.25) is 5.91 Å². The van der Waals surface area contributed by atoms with E-state index in [1.807, 2.05) is 6.92 Å². The van der Waals surface area contributed by atoms with Crippen molar-refractivity contribution >= 4 is 39.1 Å². The Morgan fingerprint density at radius 3 is 2.74 bits per heavy atom. The third-order valence-electron chi connectivity index (χ3n) is 6.75. The number of fused-ring (bicyclic) bond motifs is 3. The summed E-state index contributed by atoms with van der Waals surface area (Å²) in [4.78, 5) is 40.6. The average Bonchev–Trinajstić information content (AvgIpc) is 3.19. The van der Waals surface area contributed by atoms with Crippen LogP contribution in [0.1, 0.15) is 74.3 Å². The lowest BCUT2D eigenvalue weighted by molar-refractivity contribution is -0.119. The van der Waals surface area contributed by atoms with E-state index >= 15 is 0 Å². The summed E-state index contributed by atoms with van der Waals surface area (Å²) in [6.45, 7) is 10.6. The molecule has 0 saturated heterocycles. The monoisotopic (exact) mass is 496 g/mol. The van der Waals surface area contributed by atoms with E-state index in [0.717, 1.165) is 24.8 Å². The van der Waals surface area contributed by atoms with Crippen molar-refractivity contribution in [1.29, 1.82) is 0 Å². The highest BCUT2D eigenvalue weighted by atomic mass is 32.1. The van der Waals surface area contributed by atoms with E-state index in [1.54, 1.807) is 42.5 Å². The lowest BCUT2D eigenvalue weighted by Crippen LogP contribution is -2.35. The molecule has 0 bridgehead atoms. The first kappa shape index (κ1) is 25.0. The normalized spacial score (nSPS) is 16.5. The van der Waals surface area contributed by atoms with E-state index < -0.39 is 12.0 Å². The number of aryl methyl sites for hydroxylation is 1. The van der Waals surface area contributed by atoms with Crippen molar-refractivity contribution < 1.29 is 14.3 Å². The highest BCUT2D eigenvalue weighted by Gasteiger charge is 2.32. The molecule has 1 N–H and O–H groups in total. The van der Waals surface area contributed by atoms with Gasteiger partial charge in [0.15, 0.2) is 4.83 Å². The highest BCUT2D eigenvalue weighted by molar-refractivity contribution is 7.18. The van der Waals surface area contributed by atoms with Gasteiger partial charge in [-0.3, -0.25) is 9.59 Å². The Hall–Kier alpha value is -3.07. The topological polar surface area (TPSA) is 103 Å². The van der Waals surface area contributed by atoms with Gasteiger partial charge in [0.1, 0.15) is 6.04 Å². The first-order valence-corrected chi connectivity index (χ1v) is 12.9. The van der Waals surface area contributed by atoms with Gasteiger partial charge in [0.25, 0.3) is 5.56 Å². The summed E-state index contributed by atoms with van der Waals surface area (Å²) in [6, 6.07) is 5.71.